The number of nitrogens with zero attached hydrogens (tertiary/aromatic N) is 2. The maximum atomic E-state index is 13.1. The van der Waals surface area contributed by atoms with E-state index < -0.39 is 6.10 Å². The van der Waals surface area contributed by atoms with Gasteiger partial charge in [0.15, 0.2) is 0 Å². The van der Waals surface area contributed by atoms with Crippen molar-refractivity contribution < 1.29 is 9.50 Å². The smallest absolute Gasteiger partial charge is 0.328 e. The molecule has 1 aliphatic rings. The molecule has 0 bridgehead atoms. The summed E-state index contributed by atoms with van der Waals surface area (Å²) in [6, 6.07) is 13.2. The van der Waals surface area contributed by atoms with Gasteiger partial charge in [0.05, 0.1) is 17.0 Å². The van der Waals surface area contributed by atoms with Gasteiger partial charge in [-0.2, -0.15) is 0 Å². The van der Waals surface area contributed by atoms with Crippen LogP contribution in [-0.2, 0) is 6.54 Å². The van der Waals surface area contributed by atoms with Gasteiger partial charge in [-0.15, -0.1) is 0 Å². The molecule has 1 aliphatic heterocycles. The summed E-state index contributed by atoms with van der Waals surface area (Å²) in [6.07, 6.45) is 1.97. The molecule has 0 amide bonds. The summed E-state index contributed by atoms with van der Waals surface area (Å²) >= 11 is 0. The van der Waals surface area contributed by atoms with E-state index in [2.05, 4.69) is 9.88 Å². The van der Waals surface area contributed by atoms with Gasteiger partial charge < -0.3 is 10.0 Å². The number of aliphatic hydroxyl groups excluding tert-OH is 1. The van der Waals surface area contributed by atoms with Crippen molar-refractivity contribution in [3.05, 3.63) is 80.7 Å². The fourth-order valence-corrected chi connectivity index (χ4v) is 4.34. The molecule has 1 saturated heterocycles. The third-order valence-electron chi connectivity index (χ3n) is 6.05. The Labute approximate surface area is 173 Å². The summed E-state index contributed by atoms with van der Waals surface area (Å²) in [5.74, 6) is -0.132. The number of piperidine rings is 1. The first-order valence-electron chi connectivity index (χ1n) is 10.4. The molecule has 158 valence electrons. The average molecular weight is 411 g/mol. The monoisotopic (exact) mass is 411 g/mol. The van der Waals surface area contributed by atoms with Gasteiger partial charge in [0.25, 0.3) is 5.56 Å². The highest BCUT2D eigenvalue weighted by atomic mass is 19.1. The number of aromatic nitrogens is 2. The van der Waals surface area contributed by atoms with Crippen molar-refractivity contribution in [2.24, 2.45) is 5.92 Å². The van der Waals surface area contributed by atoms with Gasteiger partial charge in [-0.1, -0.05) is 24.3 Å². The Bertz CT molecular complexity index is 1110. The van der Waals surface area contributed by atoms with E-state index in [9.17, 15) is 19.1 Å². The first-order valence-corrected chi connectivity index (χ1v) is 10.4. The number of para-hydroxylation sites is 1. The SMILES string of the molecule is O=c1[nH]c(=O)n(CCCN2CCC(C(O)c3ccc(F)cc3)CC2)c2ccccc12. The largest absolute Gasteiger partial charge is 0.388 e. The maximum Gasteiger partial charge on any atom is 0.328 e. The van der Waals surface area contributed by atoms with Crippen molar-refractivity contribution in [1.29, 1.82) is 0 Å². The van der Waals surface area contributed by atoms with Crippen LogP contribution in [0, 0.1) is 11.7 Å². The Morgan fingerprint density at radius 1 is 1.03 bits per heavy atom. The second-order valence-electron chi connectivity index (χ2n) is 7.96. The minimum Gasteiger partial charge on any atom is -0.388 e. The molecule has 0 spiro atoms. The average Bonchev–Trinajstić information content (AvgIpc) is 2.76. The molecule has 4 rings (SSSR count). The maximum absolute atomic E-state index is 13.1. The fourth-order valence-electron chi connectivity index (χ4n) is 4.34. The van der Waals surface area contributed by atoms with Crippen LogP contribution in [-0.4, -0.2) is 39.2 Å². The molecule has 2 heterocycles. The lowest BCUT2D eigenvalue weighted by Crippen LogP contribution is -2.37. The van der Waals surface area contributed by atoms with Crippen molar-refractivity contribution in [3.63, 3.8) is 0 Å². The van der Waals surface area contributed by atoms with Crippen LogP contribution in [0.1, 0.15) is 30.9 Å². The number of H-pyrrole nitrogens is 1. The summed E-state index contributed by atoms with van der Waals surface area (Å²) in [6.45, 7) is 3.14. The van der Waals surface area contributed by atoms with Crippen molar-refractivity contribution in [2.75, 3.05) is 19.6 Å². The zero-order chi connectivity index (χ0) is 21.1. The number of nitrogens with one attached hydrogen (secondary N) is 1. The van der Waals surface area contributed by atoms with Crippen molar-refractivity contribution >= 4 is 10.9 Å². The van der Waals surface area contributed by atoms with E-state index in [1.807, 2.05) is 6.07 Å². The molecule has 0 saturated carbocycles. The van der Waals surface area contributed by atoms with E-state index in [4.69, 9.17) is 0 Å². The summed E-state index contributed by atoms with van der Waals surface area (Å²) in [5, 5.41) is 11.1. The van der Waals surface area contributed by atoms with Crippen LogP contribution in [0.5, 0.6) is 0 Å². The summed E-state index contributed by atoms with van der Waals surface area (Å²) in [7, 11) is 0. The Balaban J connectivity index is 1.32. The van der Waals surface area contributed by atoms with Crippen LogP contribution >= 0.6 is 0 Å². The summed E-state index contributed by atoms with van der Waals surface area (Å²) < 4.78 is 14.7. The lowest BCUT2D eigenvalue weighted by molar-refractivity contribution is 0.0582. The standard InChI is InChI=1S/C23H26FN3O3/c24-18-8-6-16(7-9-18)21(28)17-10-14-26(15-11-17)12-3-13-27-20-5-2-1-4-19(20)22(29)25-23(27)30/h1-2,4-9,17,21,28H,3,10-15H2,(H,25,29,30). The van der Waals surface area contributed by atoms with E-state index in [0.717, 1.165) is 44.5 Å². The van der Waals surface area contributed by atoms with Gasteiger partial charge in [0, 0.05) is 6.54 Å². The number of aryl methyl sites for hydroxylation is 1. The quantitative estimate of drug-likeness (QED) is 0.654. The Morgan fingerprint density at radius 2 is 1.73 bits per heavy atom. The first kappa shape index (κ1) is 20.5. The van der Waals surface area contributed by atoms with E-state index in [1.165, 1.54) is 12.1 Å². The van der Waals surface area contributed by atoms with Gasteiger partial charge in [0.2, 0.25) is 0 Å². The lowest BCUT2D eigenvalue weighted by atomic mass is 9.87. The zero-order valence-electron chi connectivity index (χ0n) is 16.8. The molecule has 1 atom stereocenters. The first-order chi connectivity index (χ1) is 14.5. The number of fused-ring (bicyclic) bond motifs is 1. The highest BCUT2D eigenvalue weighted by Crippen LogP contribution is 2.30. The number of likely N-dealkylation sites (tertiary alicyclic amines) is 1. The Morgan fingerprint density at radius 3 is 2.47 bits per heavy atom. The van der Waals surface area contributed by atoms with Crippen LogP contribution in [0.2, 0.25) is 0 Å². The molecular formula is C23H26FN3O3. The van der Waals surface area contributed by atoms with E-state index >= 15 is 0 Å². The number of aliphatic hydroxyl groups is 1. The molecule has 0 aliphatic carbocycles. The predicted molar refractivity (Wildman–Crippen MR) is 114 cm³/mol. The van der Waals surface area contributed by atoms with Crippen LogP contribution in [0.4, 0.5) is 4.39 Å². The van der Waals surface area contributed by atoms with Gasteiger partial charge in [-0.25, -0.2) is 9.18 Å². The fraction of sp³-hybridized carbons (Fsp3) is 0.391. The number of rotatable bonds is 6. The number of hydrogen-bond donors (Lipinski definition) is 2. The number of hydrogen-bond acceptors (Lipinski definition) is 4. The third kappa shape index (κ3) is 4.37. The molecular weight excluding hydrogens is 385 g/mol. The molecule has 2 N–H and O–H groups in total. The molecule has 1 aromatic heterocycles. The van der Waals surface area contributed by atoms with Gasteiger partial charge in [-0.05, 0) is 74.6 Å². The molecule has 2 aromatic carbocycles. The topological polar surface area (TPSA) is 78.3 Å². The molecule has 1 fully saturated rings. The van der Waals surface area contributed by atoms with Crippen molar-refractivity contribution in [3.8, 4) is 0 Å². The zero-order valence-corrected chi connectivity index (χ0v) is 16.8. The van der Waals surface area contributed by atoms with Crippen molar-refractivity contribution in [1.82, 2.24) is 14.5 Å². The number of aromatic amines is 1. The van der Waals surface area contributed by atoms with Crippen LogP contribution < -0.4 is 11.2 Å². The highest BCUT2D eigenvalue weighted by Gasteiger charge is 2.26. The highest BCUT2D eigenvalue weighted by molar-refractivity contribution is 5.77. The molecule has 3 aromatic rings. The second kappa shape index (κ2) is 8.93. The number of halogens is 1. The van der Waals surface area contributed by atoms with Crippen LogP contribution in [0.25, 0.3) is 10.9 Å². The minimum atomic E-state index is -0.571. The third-order valence-corrected chi connectivity index (χ3v) is 6.05. The summed E-state index contributed by atoms with van der Waals surface area (Å²) in [5.41, 5.74) is 0.694. The summed E-state index contributed by atoms with van der Waals surface area (Å²) in [4.78, 5) is 28.9. The predicted octanol–water partition coefficient (Wildman–Crippen LogP) is 2.66. The normalized spacial score (nSPS) is 16.7. The van der Waals surface area contributed by atoms with Gasteiger partial charge >= 0.3 is 5.69 Å². The lowest BCUT2D eigenvalue weighted by Gasteiger charge is -2.34. The van der Waals surface area contributed by atoms with E-state index in [-0.39, 0.29) is 23.0 Å². The van der Waals surface area contributed by atoms with Gasteiger partial charge in [-0.3, -0.25) is 14.3 Å². The van der Waals surface area contributed by atoms with E-state index in [1.54, 1.807) is 34.9 Å². The molecule has 0 radical (unpaired) electrons. The van der Waals surface area contributed by atoms with Crippen LogP contribution in [0.3, 0.4) is 0 Å². The second-order valence-corrected chi connectivity index (χ2v) is 7.96. The van der Waals surface area contributed by atoms with Gasteiger partial charge in [0.1, 0.15) is 5.82 Å². The minimum absolute atomic E-state index is 0.164. The van der Waals surface area contributed by atoms with Crippen molar-refractivity contribution in [2.45, 2.75) is 31.9 Å². The Kier molecular flexibility index (Phi) is 6.11. The molecule has 30 heavy (non-hydrogen) atoms. The Hall–Kier alpha value is -2.77. The molecule has 1 unspecified atom stereocenters. The number of benzene rings is 2. The molecule has 7 heteroatoms. The molecule has 6 nitrogen and oxygen atoms in total. The van der Waals surface area contributed by atoms with Crippen LogP contribution in [0.15, 0.2) is 58.1 Å². The van der Waals surface area contributed by atoms with E-state index in [0.29, 0.717) is 17.4 Å².